The van der Waals surface area contributed by atoms with Crippen molar-refractivity contribution in [2.24, 2.45) is 4.40 Å². The molecule has 0 saturated carbocycles. The van der Waals surface area contributed by atoms with Crippen LogP contribution in [0.4, 0.5) is 15.8 Å². The number of amidine groups is 1. The van der Waals surface area contributed by atoms with E-state index in [4.69, 9.17) is 23.2 Å². The summed E-state index contributed by atoms with van der Waals surface area (Å²) in [6.45, 7) is 0. The number of sulfonamides is 1. The Balaban J connectivity index is 1.62. The smallest absolute Gasteiger partial charge is 0.285 e. The lowest BCUT2D eigenvalue weighted by molar-refractivity contribution is 0.102. The summed E-state index contributed by atoms with van der Waals surface area (Å²) in [7, 11) is -4.10. The minimum atomic E-state index is -4.10. The normalized spacial score (nSPS) is 14.4. The van der Waals surface area contributed by atoms with Gasteiger partial charge in [0.2, 0.25) is 0 Å². The summed E-state index contributed by atoms with van der Waals surface area (Å²) >= 11 is 13.1. The molecule has 3 aromatic rings. The van der Waals surface area contributed by atoms with E-state index in [9.17, 15) is 17.6 Å². The van der Waals surface area contributed by atoms with Crippen LogP contribution in [0.25, 0.3) is 0 Å². The number of halogens is 3. The van der Waals surface area contributed by atoms with E-state index in [2.05, 4.69) is 15.0 Å². The zero-order valence-corrected chi connectivity index (χ0v) is 18.5. The van der Waals surface area contributed by atoms with Crippen LogP contribution in [0.5, 0.6) is 0 Å². The number of rotatable bonds is 3. The topological polar surface area (TPSA) is 87.6 Å². The molecule has 0 aromatic heterocycles. The van der Waals surface area contributed by atoms with Gasteiger partial charge in [-0.3, -0.25) is 4.79 Å². The van der Waals surface area contributed by atoms with Gasteiger partial charge in [0, 0.05) is 21.3 Å². The lowest BCUT2D eigenvalue weighted by atomic mass is 10.2. The van der Waals surface area contributed by atoms with Gasteiger partial charge in [-0.05, 0) is 72.4 Å². The maximum Gasteiger partial charge on any atom is 0.285 e. The fraction of sp³-hybridized carbons (Fsp3) is 0. The summed E-state index contributed by atoms with van der Waals surface area (Å²) in [5, 5.41) is 6.14. The van der Waals surface area contributed by atoms with Gasteiger partial charge >= 0.3 is 0 Å². The molecule has 1 aliphatic heterocycles. The van der Waals surface area contributed by atoms with Crippen LogP contribution in [-0.4, -0.2) is 19.5 Å². The Hall–Kier alpha value is -2.59. The van der Waals surface area contributed by atoms with Crippen molar-refractivity contribution in [1.29, 1.82) is 0 Å². The second-order valence-electron chi connectivity index (χ2n) is 6.35. The van der Waals surface area contributed by atoms with Crippen molar-refractivity contribution in [2.45, 2.75) is 9.79 Å². The number of benzene rings is 3. The van der Waals surface area contributed by atoms with Gasteiger partial charge in [-0.1, -0.05) is 23.2 Å². The van der Waals surface area contributed by atoms with E-state index in [1.165, 1.54) is 36.4 Å². The van der Waals surface area contributed by atoms with Crippen molar-refractivity contribution in [3.05, 3.63) is 82.1 Å². The third-order valence-electron chi connectivity index (χ3n) is 4.16. The van der Waals surface area contributed by atoms with E-state index in [1.54, 1.807) is 24.3 Å². The van der Waals surface area contributed by atoms with Crippen molar-refractivity contribution in [3.63, 3.8) is 0 Å². The zero-order chi connectivity index (χ0) is 22.2. The molecule has 2 N–H and O–H groups in total. The highest BCUT2D eigenvalue weighted by atomic mass is 35.5. The average molecular weight is 496 g/mol. The zero-order valence-electron chi connectivity index (χ0n) is 15.4. The Morgan fingerprint density at radius 2 is 1.61 bits per heavy atom. The number of carbonyl (C=O) groups is 1. The van der Waals surface area contributed by atoms with E-state index in [1.807, 2.05) is 0 Å². The van der Waals surface area contributed by atoms with Crippen LogP contribution in [0.2, 0.25) is 10.0 Å². The number of nitrogens with zero attached hydrogens (tertiary/aromatic N) is 1. The SMILES string of the molecule is O=C(Nc1ccc(Cl)cc1)c1cc2c(cc1Cl)SC(Nc1ccc(F)cc1)=NS2(=O)=O. The lowest BCUT2D eigenvalue weighted by Crippen LogP contribution is -2.18. The molecule has 6 nitrogen and oxygen atoms in total. The quantitative estimate of drug-likeness (QED) is 0.490. The Morgan fingerprint density at radius 3 is 2.29 bits per heavy atom. The Labute approximate surface area is 191 Å². The highest BCUT2D eigenvalue weighted by molar-refractivity contribution is 8.15. The van der Waals surface area contributed by atoms with Gasteiger partial charge in [0.25, 0.3) is 15.9 Å². The summed E-state index contributed by atoms with van der Waals surface area (Å²) in [6.07, 6.45) is 0. The number of anilines is 2. The van der Waals surface area contributed by atoms with Crippen molar-refractivity contribution >= 4 is 67.4 Å². The first-order valence-electron chi connectivity index (χ1n) is 8.67. The Kier molecular flexibility index (Phi) is 5.94. The van der Waals surface area contributed by atoms with Crippen molar-refractivity contribution in [3.8, 4) is 0 Å². The highest BCUT2D eigenvalue weighted by Gasteiger charge is 2.29. The molecule has 1 heterocycles. The fourth-order valence-electron chi connectivity index (χ4n) is 2.71. The van der Waals surface area contributed by atoms with Crippen molar-refractivity contribution < 1.29 is 17.6 Å². The molecule has 3 aromatic carbocycles. The standard InChI is InChI=1S/C20H12Cl2FN3O3S2/c21-11-1-5-13(6-2-11)24-19(27)15-9-18-17(10-16(15)22)30-20(26-31(18,28)29)25-14-7-3-12(23)4-8-14/h1-10H,(H,24,27)(H,25,26). The van der Waals surface area contributed by atoms with Crippen LogP contribution in [0.15, 0.2) is 74.9 Å². The first-order valence-corrected chi connectivity index (χ1v) is 11.7. The molecule has 0 aliphatic carbocycles. The number of thioether (sulfide) groups is 1. The minimum Gasteiger partial charge on any atom is -0.334 e. The number of fused-ring (bicyclic) bond motifs is 1. The molecule has 11 heteroatoms. The van der Waals surface area contributed by atoms with Gasteiger partial charge in [-0.25, -0.2) is 4.39 Å². The number of amides is 1. The van der Waals surface area contributed by atoms with E-state index >= 15 is 0 Å². The lowest BCUT2D eigenvalue weighted by Gasteiger charge is -2.18. The van der Waals surface area contributed by atoms with Gasteiger partial charge < -0.3 is 10.6 Å². The third-order valence-corrected chi connectivity index (χ3v) is 7.23. The van der Waals surface area contributed by atoms with Gasteiger partial charge in [0.1, 0.15) is 10.7 Å². The molecule has 1 aliphatic rings. The summed E-state index contributed by atoms with van der Waals surface area (Å²) in [6, 6.07) is 14.4. The second kappa shape index (κ2) is 8.51. The van der Waals surface area contributed by atoms with E-state index in [-0.39, 0.29) is 20.6 Å². The Morgan fingerprint density at radius 1 is 0.968 bits per heavy atom. The fourth-order valence-corrected chi connectivity index (χ4v) is 5.69. The van der Waals surface area contributed by atoms with Crippen LogP contribution in [0.1, 0.15) is 10.4 Å². The molecule has 0 atom stereocenters. The molecule has 0 radical (unpaired) electrons. The van der Waals surface area contributed by atoms with E-state index < -0.39 is 21.7 Å². The minimum absolute atomic E-state index is 0.00955. The molecule has 0 unspecified atom stereocenters. The first kappa shape index (κ1) is 21.6. The predicted octanol–water partition coefficient (Wildman–Crippen LogP) is 5.65. The van der Waals surface area contributed by atoms with Crippen LogP contribution < -0.4 is 10.6 Å². The third kappa shape index (κ3) is 4.85. The predicted molar refractivity (Wildman–Crippen MR) is 121 cm³/mol. The van der Waals surface area contributed by atoms with Gasteiger partial charge in [0.15, 0.2) is 5.17 Å². The number of hydrogen-bond acceptors (Lipinski definition) is 5. The monoisotopic (exact) mass is 495 g/mol. The van der Waals surface area contributed by atoms with Crippen LogP contribution >= 0.6 is 35.0 Å². The number of carbonyl (C=O) groups excluding carboxylic acids is 1. The van der Waals surface area contributed by atoms with Crippen LogP contribution in [0, 0.1) is 5.82 Å². The summed E-state index contributed by atoms with van der Waals surface area (Å²) < 4.78 is 42.3. The van der Waals surface area contributed by atoms with Gasteiger partial charge in [-0.15, -0.1) is 4.40 Å². The molecule has 0 fully saturated rings. The maximum absolute atomic E-state index is 13.1. The highest BCUT2D eigenvalue weighted by Crippen LogP contribution is 2.38. The molecule has 0 bridgehead atoms. The molecular formula is C20H12Cl2FN3O3S2. The average Bonchev–Trinajstić information content (AvgIpc) is 2.70. The van der Waals surface area contributed by atoms with E-state index in [0.29, 0.717) is 21.3 Å². The molecule has 4 rings (SSSR count). The van der Waals surface area contributed by atoms with Crippen molar-refractivity contribution in [1.82, 2.24) is 0 Å². The molecular weight excluding hydrogens is 484 g/mol. The molecule has 158 valence electrons. The molecule has 0 saturated heterocycles. The second-order valence-corrected chi connectivity index (χ2v) is 9.79. The van der Waals surface area contributed by atoms with Crippen LogP contribution in [-0.2, 0) is 10.0 Å². The summed E-state index contributed by atoms with van der Waals surface area (Å²) in [5.41, 5.74) is 0.935. The maximum atomic E-state index is 13.1. The molecule has 1 amide bonds. The molecule has 31 heavy (non-hydrogen) atoms. The largest absolute Gasteiger partial charge is 0.334 e. The molecule has 0 spiro atoms. The first-order chi connectivity index (χ1) is 14.7. The van der Waals surface area contributed by atoms with Crippen LogP contribution in [0.3, 0.4) is 0 Å². The number of hydrogen-bond donors (Lipinski definition) is 2. The van der Waals surface area contributed by atoms with Gasteiger partial charge in [-0.2, -0.15) is 8.42 Å². The number of nitrogens with one attached hydrogen (secondary N) is 2. The summed E-state index contributed by atoms with van der Waals surface area (Å²) in [5.74, 6) is -0.993. The van der Waals surface area contributed by atoms with E-state index in [0.717, 1.165) is 11.8 Å². The summed E-state index contributed by atoms with van der Waals surface area (Å²) in [4.78, 5) is 12.8. The Bertz CT molecular complexity index is 1310. The van der Waals surface area contributed by atoms with Gasteiger partial charge in [0.05, 0.1) is 10.6 Å². The van der Waals surface area contributed by atoms with Crippen molar-refractivity contribution in [2.75, 3.05) is 10.6 Å².